The Morgan fingerprint density at radius 1 is 1.27 bits per heavy atom. The van der Waals surface area contributed by atoms with Crippen LogP contribution >= 0.6 is 0 Å². The van der Waals surface area contributed by atoms with E-state index in [1.54, 1.807) is 36.3 Å². The van der Waals surface area contributed by atoms with Crippen molar-refractivity contribution in [1.29, 1.82) is 0 Å². The molecule has 4 rings (SSSR count). The van der Waals surface area contributed by atoms with Crippen LogP contribution in [-0.2, 0) is 18.4 Å². The molecule has 0 unspecified atom stereocenters. The van der Waals surface area contributed by atoms with Gasteiger partial charge in [-0.15, -0.1) is 5.10 Å². The summed E-state index contributed by atoms with van der Waals surface area (Å²) in [5, 5.41) is 11.3. The predicted octanol–water partition coefficient (Wildman–Crippen LogP) is 0.914. The molecule has 1 fully saturated rings. The SMILES string of the molecule is COc1nn(C)cc1C(=O)N1CCC[C@@H](C(=O)NCCn2nc(-c3ccco3)ccc2=O)C1. The third-order valence-corrected chi connectivity index (χ3v) is 5.56. The Bertz CT molecular complexity index is 1180. The Morgan fingerprint density at radius 3 is 2.88 bits per heavy atom. The number of carbonyl (C=O) groups excluding carboxylic acids is 2. The lowest BCUT2D eigenvalue weighted by Crippen LogP contribution is -2.46. The molecule has 1 aliphatic heterocycles. The molecular formula is C22H26N6O5. The lowest BCUT2D eigenvalue weighted by Gasteiger charge is -2.32. The molecule has 1 aliphatic rings. The molecule has 0 bridgehead atoms. The van der Waals surface area contributed by atoms with Crippen molar-refractivity contribution < 1.29 is 18.7 Å². The summed E-state index contributed by atoms with van der Waals surface area (Å²) in [4.78, 5) is 39.5. The molecule has 3 aromatic rings. The van der Waals surface area contributed by atoms with Crippen LogP contribution in [0, 0.1) is 5.92 Å². The highest BCUT2D eigenvalue weighted by Gasteiger charge is 2.31. The molecule has 0 radical (unpaired) electrons. The van der Waals surface area contributed by atoms with E-state index in [2.05, 4.69) is 15.5 Å². The van der Waals surface area contributed by atoms with Crippen LogP contribution in [0.4, 0.5) is 0 Å². The van der Waals surface area contributed by atoms with Gasteiger partial charge in [-0.05, 0) is 31.0 Å². The van der Waals surface area contributed by atoms with E-state index in [0.717, 1.165) is 6.42 Å². The number of nitrogens with zero attached hydrogens (tertiary/aromatic N) is 5. The van der Waals surface area contributed by atoms with E-state index in [9.17, 15) is 14.4 Å². The lowest BCUT2D eigenvalue weighted by molar-refractivity contribution is -0.126. The van der Waals surface area contributed by atoms with Crippen molar-refractivity contribution in [3.05, 3.63) is 52.6 Å². The first-order valence-electron chi connectivity index (χ1n) is 10.7. The van der Waals surface area contributed by atoms with Crippen LogP contribution in [0.1, 0.15) is 23.2 Å². The zero-order valence-corrected chi connectivity index (χ0v) is 18.6. The highest BCUT2D eigenvalue weighted by Crippen LogP contribution is 2.22. The minimum Gasteiger partial charge on any atom is -0.479 e. The van der Waals surface area contributed by atoms with Crippen molar-refractivity contribution in [2.45, 2.75) is 19.4 Å². The third kappa shape index (κ3) is 4.97. The van der Waals surface area contributed by atoms with Crippen molar-refractivity contribution in [3.63, 3.8) is 0 Å². The lowest BCUT2D eigenvalue weighted by atomic mass is 9.96. The maximum Gasteiger partial charge on any atom is 0.266 e. The number of ether oxygens (including phenoxy) is 1. The molecule has 3 aromatic heterocycles. The number of methoxy groups -OCH3 is 1. The summed E-state index contributed by atoms with van der Waals surface area (Å²) in [6.07, 6.45) is 4.56. The average molecular weight is 454 g/mol. The number of aromatic nitrogens is 4. The largest absolute Gasteiger partial charge is 0.479 e. The zero-order valence-electron chi connectivity index (χ0n) is 18.6. The molecule has 0 aromatic carbocycles. The van der Waals surface area contributed by atoms with Crippen molar-refractivity contribution in [3.8, 4) is 17.3 Å². The first kappa shape index (κ1) is 22.3. The van der Waals surface area contributed by atoms with Gasteiger partial charge in [0.1, 0.15) is 11.3 Å². The first-order chi connectivity index (χ1) is 16.0. The number of furan rings is 1. The molecule has 0 aliphatic carbocycles. The molecule has 1 saturated heterocycles. The van der Waals surface area contributed by atoms with Crippen LogP contribution in [0.15, 0.2) is 45.9 Å². The Morgan fingerprint density at radius 2 is 2.12 bits per heavy atom. The van der Waals surface area contributed by atoms with Gasteiger partial charge in [-0.1, -0.05) is 0 Å². The van der Waals surface area contributed by atoms with E-state index in [0.29, 0.717) is 36.5 Å². The molecular weight excluding hydrogens is 428 g/mol. The summed E-state index contributed by atoms with van der Waals surface area (Å²) in [6.45, 7) is 1.35. The summed E-state index contributed by atoms with van der Waals surface area (Å²) < 4.78 is 13.3. The average Bonchev–Trinajstić information content (AvgIpc) is 3.49. The molecule has 0 saturated carbocycles. The van der Waals surface area contributed by atoms with Gasteiger partial charge in [0.05, 0.1) is 25.8 Å². The number of rotatable bonds is 7. The fourth-order valence-electron chi connectivity index (χ4n) is 3.91. The van der Waals surface area contributed by atoms with Crippen molar-refractivity contribution in [1.82, 2.24) is 29.8 Å². The molecule has 33 heavy (non-hydrogen) atoms. The summed E-state index contributed by atoms with van der Waals surface area (Å²) in [5.41, 5.74) is 0.653. The summed E-state index contributed by atoms with van der Waals surface area (Å²) in [5.74, 6) is 0.141. The fourth-order valence-corrected chi connectivity index (χ4v) is 3.91. The Hall–Kier alpha value is -3.89. The predicted molar refractivity (Wildman–Crippen MR) is 118 cm³/mol. The summed E-state index contributed by atoms with van der Waals surface area (Å²) in [7, 11) is 3.19. The number of hydrogen-bond acceptors (Lipinski definition) is 7. The summed E-state index contributed by atoms with van der Waals surface area (Å²) >= 11 is 0. The number of piperidine rings is 1. The van der Waals surface area contributed by atoms with Gasteiger partial charge in [-0.25, -0.2) is 4.68 Å². The van der Waals surface area contributed by atoms with E-state index >= 15 is 0 Å². The van der Waals surface area contributed by atoms with E-state index in [4.69, 9.17) is 9.15 Å². The van der Waals surface area contributed by atoms with Gasteiger partial charge in [0, 0.05) is 38.9 Å². The minimum absolute atomic E-state index is 0.152. The van der Waals surface area contributed by atoms with Crippen LogP contribution in [0.5, 0.6) is 5.88 Å². The maximum absolute atomic E-state index is 12.9. The zero-order chi connectivity index (χ0) is 23.4. The molecule has 1 N–H and O–H groups in total. The second kappa shape index (κ2) is 9.72. The van der Waals surface area contributed by atoms with Gasteiger partial charge >= 0.3 is 0 Å². The number of carbonyl (C=O) groups is 2. The quantitative estimate of drug-likeness (QED) is 0.563. The van der Waals surface area contributed by atoms with Crippen LogP contribution < -0.4 is 15.6 Å². The van der Waals surface area contributed by atoms with Crippen LogP contribution in [0.2, 0.25) is 0 Å². The number of likely N-dealkylation sites (tertiary alicyclic amines) is 1. The Labute approximate surface area is 189 Å². The first-order valence-corrected chi connectivity index (χ1v) is 10.7. The van der Waals surface area contributed by atoms with Gasteiger partial charge in [0.15, 0.2) is 5.76 Å². The molecule has 4 heterocycles. The smallest absolute Gasteiger partial charge is 0.266 e. The molecule has 11 heteroatoms. The van der Waals surface area contributed by atoms with Crippen LogP contribution in [0.25, 0.3) is 11.5 Å². The molecule has 2 amide bonds. The Kier molecular flexibility index (Phi) is 6.57. The summed E-state index contributed by atoms with van der Waals surface area (Å²) in [6, 6.07) is 6.52. The van der Waals surface area contributed by atoms with Crippen LogP contribution in [0.3, 0.4) is 0 Å². The topological polar surface area (TPSA) is 124 Å². The monoisotopic (exact) mass is 454 g/mol. The Balaban J connectivity index is 1.34. The van der Waals surface area contributed by atoms with Crippen molar-refractivity contribution >= 4 is 11.8 Å². The fraction of sp³-hybridized carbons (Fsp3) is 0.409. The van der Waals surface area contributed by atoms with Gasteiger partial charge in [0.25, 0.3) is 11.5 Å². The molecule has 1 atom stereocenters. The van der Waals surface area contributed by atoms with Crippen molar-refractivity contribution in [2.75, 3.05) is 26.7 Å². The van der Waals surface area contributed by atoms with Gasteiger partial charge in [-0.2, -0.15) is 5.10 Å². The second-order valence-corrected chi connectivity index (χ2v) is 7.86. The standard InChI is InChI=1S/C22H26N6O5/c1-26-14-16(21(25-26)32-2)22(31)27-10-3-5-15(13-27)20(30)23-9-11-28-19(29)8-7-17(24-28)18-6-4-12-33-18/h4,6-8,12,14-15H,3,5,9-11,13H2,1-2H3,(H,23,30)/t15-/m1/s1. The van der Waals surface area contributed by atoms with E-state index in [1.807, 2.05) is 0 Å². The van der Waals surface area contributed by atoms with E-state index < -0.39 is 0 Å². The molecule has 11 nitrogen and oxygen atoms in total. The van der Waals surface area contributed by atoms with Gasteiger partial charge < -0.3 is 19.4 Å². The third-order valence-electron chi connectivity index (χ3n) is 5.56. The van der Waals surface area contributed by atoms with Gasteiger partial charge in [-0.3, -0.25) is 19.1 Å². The normalized spacial score (nSPS) is 15.9. The van der Waals surface area contributed by atoms with E-state index in [-0.39, 0.29) is 42.3 Å². The van der Waals surface area contributed by atoms with Crippen LogP contribution in [-0.4, -0.2) is 63.0 Å². The van der Waals surface area contributed by atoms with Gasteiger partial charge in [0.2, 0.25) is 11.8 Å². The number of hydrogen-bond donors (Lipinski definition) is 1. The minimum atomic E-state index is -0.329. The number of amides is 2. The van der Waals surface area contributed by atoms with E-state index in [1.165, 1.54) is 28.8 Å². The number of nitrogens with one attached hydrogen (secondary N) is 1. The maximum atomic E-state index is 12.9. The number of aryl methyl sites for hydroxylation is 1. The highest BCUT2D eigenvalue weighted by atomic mass is 16.5. The molecule has 174 valence electrons. The van der Waals surface area contributed by atoms with Crippen molar-refractivity contribution in [2.24, 2.45) is 13.0 Å². The second-order valence-electron chi connectivity index (χ2n) is 7.86. The molecule has 0 spiro atoms. The highest BCUT2D eigenvalue weighted by molar-refractivity contribution is 5.96.